The quantitative estimate of drug-likeness (QED) is 0.800. The van der Waals surface area contributed by atoms with E-state index < -0.39 is 0 Å². The SMILES string of the molecule is COc1ccc(C2=Nc3ccccc3C(c3cccnc3)=NN2)cc1. The molecule has 1 aromatic heterocycles. The number of amidine groups is 1. The van der Waals surface area contributed by atoms with E-state index >= 15 is 0 Å². The van der Waals surface area contributed by atoms with Gasteiger partial charge in [0.2, 0.25) is 0 Å². The summed E-state index contributed by atoms with van der Waals surface area (Å²) in [6.45, 7) is 0. The van der Waals surface area contributed by atoms with Crippen molar-refractivity contribution >= 4 is 17.2 Å². The fourth-order valence-corrected chi connectivity index (χ4v) is 2.69. The summed E-state index contributed by atoms with van der Waals surface area (Å²) in [6, 6.07) is 19.6. The highest BCUT2D eigenvalue weighted by molar-refractivity contribution is 6.17. The van der Waals surface area contributed by atoms with E-state index in [1.165, 1.54) is 0 Å². The molecule has 0 saturated carbocycles. The Labute approximate surface area is 145 Å². The molecule has 0 radical (unpaired) electrons. The number of hydrogen-bond donors (Lipinski definition) is 1. The number of ether oxygens (including phenoxy) is 1. The van der Waals surface area contributed by atoms with Gasteiger partial charge in [0.25, 0.3) is 0 Å². The van der Waals surface area contributed by atoms with Crippen molar-refractivity contribution in [2.45, 2.75) is 0 Å². The molecule has 2 heterocycles. The van der Waals surface area contributed by atoms with Crippen LogP contribution < -0.4 is 10.2 Å². The first-order chi connectivity index (χ1) is 12.3. The second-order valence-electron chi connectivity index (χ2n) is 5.52. The van der Waals surface area contributed by atoms with Gasteiger partial charge >= 0.3 is 0 Å². The fourth-order valence-electron chi connectivity index (χ4n) is 2.69. The number of benzene rings is 2. The van der Waals surface area contributed by atoms with Crippen LogP contribution in [0.15, 0.2) is 83.2 Å². The number of hydrogen-bond acceptors (Lipinski definition) is 5. The van der Waals surface area contributed by atoms with Gasteiger partial charge in [0, 0.05) is 29.1 Å². The predicted molar refractivity (Wildman–Crippen MR) is 98.6 cm³/mol. The number of nitrogens with one attached hydrogen (secondary N) is 1. The summed E-state index contributed by atoms with van der Waals surface area (Å²) >= 11 is 0. The number of rotatable bonds is 3. The lowest BCUT2D eigenvalue weighted by Crippen LogP contribution is -2.19. The van der Waals surface area contributed by atoms with Gasteiger partial charge in [0.05, 0.1) is 12.8 Å². The van der Waals surface area contributed by atoms with Gasteiger partial charge in [-0.1, -0.05) is 18.2 Å². The number of aromatic nitrogens is 1. The molecule has 25 heavy (non-hydrogen) atoms. The Balaban J connectivity index is 1.80. The molecule has 0 bridgehead atoms. The largest absolute Gasteiger partial charge is 0.497 e. The van der Waals surface area contributed by atoms with E-state index in [0.717, 1.165) is 33.8 Å². The first kappa shape index (κ1) is 15.1. The van der Waals surface area contributed by atoms with Crippen molar-refractivity contribution in [1.82, 2.24) is 10.4 Å². The maximum atomic E-state index is 5.22. The molecule has 1 aliphatic heterocycles. The maximum absolute atomic E-state index is 5.22. The minimum Gasteiger partial charge on any atom is -0.497 e. The van der Waals surface area contributed by atoms with Crippen LogP contribution in [0.4, 0.5) is 5.69 Å². The van der Waals surface area contributed by atoms with Crippen LogP contribution in [0.1, 0.15) is 16.7 Å². The Morgan fingerprint density at radius 3 is 2.48 bits per heavy atom. The maximum Gasteiger partial charge on any atom is 0.154 e. The third-order valence-electron chi connectivity index (χ3n) is 3.96. The molecular weight excluding hydrogens is 312 g/mol. The lowest BCUT2D eigenvalue weighted by Gasteiger charge is -2.06. The number of fused-ring (bicyclic) bond motifs is 1. The van der Waals surface area contributed by atoms with Crippen LogP contribution in [-0.4, -0.2) is 23.6 Å². The summed E-state index contributed by atoms with van der Waals surface area (Å²) in [7, 11) is 1.65. The van der Waals surface area contributed by atoms with Crippen molar-refractivity contribution in [3.63, 3.8) is 0 Å². The minimum absolute atomic E-state index is 0.689. The zero-order valence-corrected chi connectivity index (χ0v) is 13.7. The third-order valence-corrected chi connectivity index (χ3v) is 3.96. The van der Waals surface area contributed by atoms with Gasteiger partial charge in [-0.25, -0.2) is 4.99 Å². The van der Waals surface area contributed by atoms with E-state index in [4.69, 9.17) is 9.73 Å². The van der Waals surface area contributed by atoms with E-state index in [1.54, 1.807) is 19.5 Å². The van der Waals surface area contributed by atoms with Crippen LogP contribution in [0.2, 0.25) is 0 Å². The Morgan fingerprint density at radius 1 is 0.880 bits per heavy atom. The Bertz CT molecular complexity index is 947. The van der Waals surface area contributed by atoms with Crippen LogP contribution in [0, 0.1) is 0 Å². The molecule has 5 nitrogen and oxygen atoms in total. The van der Waals surface area contributed by atoms with Crippen molar-refractivity contribution in [2.75, 3.05) is 7.11 Å². The summed E-state index contributed by atoms with van der Waals surface area (Å²) in [4.78, 5) is 8.97. The van der Waals surface area contributed by atoms with Crippen LogP contribution >= 0.6 is 0 Å². The molecule has 0 fully saturated rings. The molecule has 3 aromatic rings. The molecule has 2 aromatic carbocycles. The molecule has 0 unspecified atom stereocenters. The van der Waals surface area contributed by atoms with E-state index in [1.807, 2.05) is 60.7 Å². The second-order valence-corrected chi connectivity index (χ2v) is 5.52. The smallest absolute Gasteiger partial charge is 0.154 e. The van der Waals surface area contributed by atoms with Gasteiger partial charge in [0.1, 0.15) is 11.5 Å². The third kappa shape index (κ3) is 2.99. The van der Waals surface area contributed by atoms with E-state index in [9.17, 15) is 0 Å². The molecule has 5 heteroatoms. The number of para-hydroxylation sites is 1. The fraction of sp³-hybridized carbons (Fsp3) is 0.0500. The van der Waals surface area contributed by atoms with E-state index in [0.29, 0.717) is 5.84 Å². The second kappa shape index (κ2) is 6.57. The Kier molecular flexibility index (Phi) is 3.96. The topological polar surface area (TPSA) is 58.9 Å². The molecule has 0 spiro atoms. The first-order valence-corrected chi connectivity index (χ1v) is 7.92. The van der Waals surface area contributed by atoms with Crippen molar-refractivity contribution in [1.29, 1.82) is 0 Å². The van der Waals surface area contributed by atoms with Crippen molar-refractivity contribution in [3.05, 3.63) is 89.7 Å². The molecule has 4 rings (SSSR count). The minimum atomic E-state index is 0.689. The van der Waals surface area contributed by atoms with Gasteiger partial charge in [-0.2, -0.15) is 5.10 Å². The van der Waals surface area contributed by atoms with Gasteiger partial charge < -0.3 is 4.74 Å². The number of aliphatic imine (C=N–C) groups is 1. The Morgan fingerprint density at radius 2 is 1.72 bits per heavy atom. The summed E-state index contributed by atoms with van der Waals surface area (Å²) in [5, 5.41) is 4.60. The van der Waals surface area contributed by atoms with Crippen molar-refractivity contribution in [3.8, 4) is 5.75 Å². The lowest BCUT2D eigenvalue weighted by molar-refractivity contribution is 0.415. The predicted octanol–water partition coefficient (Wildman–Crippen LogP) is 3.52. The monoisotopic (exact) mass is 328 g/mol. The highest BCUT2D eigenvalue weighted by Crippen LogP contribution is 2.25. The summed E-state index contributed by atoms with van der Waals surface area (Å²) in [5.41, 5.74) is 7.62. The molecule has 0 atom stereocenters. The zero-order valence-electron chi connectivity index (χ0n) is 13.7. The summed E-state index contributed by atoms with van der Waals surface area (Å²) in [5.74, 6) is 1.49. The molecular formula is C20H16N4O. The van der Waals surface area contributed by atoms with E-state index in [2.05, 4.69) is 15.5 Å². The zero-order chi connectivity index (χ0) is 17.1. The van der Waals surface area contributed by atoms with Crippen LogP contribution in [0.25, 0.3) is 0 Å². The van der Waals surface area contributed by atoms with Gasteiger partial charge in [-0.05, 0) is 42.5 Å². The molecule has 0 aliphatic carbocycles. The molecule has 122 valence electrons. The van der Waals surface area contributed by atoms with Crippen molar-refractivity contribution < 1.29 is 4.74 Å². The molecule has 0 saturated heterocycles. The van der Waals surface area contributed by atoms with Gasteiger partial charge in [-0.3, -0.25) is 10.4 Å². The highest BCUT2D eigenvalue weighted by Gasteiger charge is 2.16. The van der Waals surface area contributed by atoms with Crippen LogP contribution in [-0.2, 0) is 0 Å². The summed E-state index contributed by atoms with van der Waals surface area (Å²) < 4.78 is 5.22. The van der Waals surface area contributed by atoms with Gasteiger partial charge in [0.15, 0.2) is 5.84 Å². The normalized spacial score (nSPS) is 13.0. The number of methoxy groups -OCH3 is 1. The molecule has 1 aliphatic rings. The van der Waals surface area contributed by atoms with E-state index in [-0.39, 0.29) is 0 Å². The lowest BCUT2D eigenvalue weighted by atomic mass is 10.0. The molecule has 1 N–H and O–H groups in total. The average molecular weight is 328 g/mol. The number of hydrazone groups is 1. The van der Waals surface area contributed by atoms with Crippen molar-refractivity contribution in [2.24, 2.45) is 10.1 Å². The summed E-state index contributed by atoms with van der Waals surface area (Å²) in [6.07, 6.45) is 3.55. The number of pyridine rings is 1. The highest BCUT2D eigenvalue weighted by atomic mass is 16.5. The van der Waals surface area contributed by atoms with Gasteiger partial charge in [-0.15, -0.1) is 0 Å². The average Bonchev–Trinajstić information content (AvgIpc) is 2.88. The molecule has 0 amide bonds. The standard InChI is InChI=1S/C20H16N4O/c1-25-16-10-8-14(9-11-16)20-22-18-7-3-2-6-17(18)19(23-24-20)15-5-4-12-21-13-15/h2-13H,1H3,(H,22,24). The Hall–Kier alpha value is -3.47. The first-order valence-electron chi connectivity index (χ1n) is 7.92. The number of nitrogens with zero attached hydrogens (tertiary/aromatic N) is 3. The van der Waals surface area contributed by atoms with Crippen LogP contribution in [0.3, 0.4) is 0 Å². The van der Waals surface area contributed by atoms with Crippen LogP contribution in [0.5, 0.6) is 5.75 Å².